The van der Waals surface area contributed by atoms with Crippen molar-refractivity contribution >= 4 is 17.6 Å². The summed E-state index contributed by atoms with van der Waals surface area (Å²) in [6.07, 6.45) is 5.97. The molecule has 0 bridgehead atoms. The number of carbonyl (C=O) groups is 2. The molecule has 1 aromatic carbocycles. The van der Waals surface area contributed by atoms with E-state index in [1.165, 1.54) is 7.11 Å². The molecular formula is C26H31N7O5. The van der Waals surface area contributed by atoms with Gasteiger partial charge in [-0.05, 0) is 31.0 Å². The molecule has 0 radical (unpaired) electrons. The van der Waals surface area contributed by atoms with Gasteiger partial charge in [0.2, 0.25) is 24.6 Å². The molecule has 5 rings (SSSR count). The van der Waals surface area contributed by atoms with Crippen molar-refractivity contribution in [2.45, 2.75) is 25.8 Å². The number of hydrogen-bond acceptors (Lipinski definition) is 9. The van der Waals surface area contributed by atoms with Crippen LogP contribution in [0.2, 0.25) is 0 Å². The lowest BCUT2D eigenvalue weighted by Gasteiger charge is -2.42. The number of benzene rings is 1. The Labute approximate surface area is 220 Å². The van der Waals surface area contributed by atoms with Crippen LogP contribution in [0, 0.1) is 6.92 Å². The normalized spacial score (nSPS) is 16.5. The standard InChI is InChI=1S/C26H31N7O5/c1-18-11-23(30-26(29-18)32-8-7-27-16-32)33-10-9-31(25(35)15-36-2)14-20(33)13-24(34)28-6-5-19-3-4-21-22(12-19)38-17-37-21/h3-4,7-8,11-12,16,20H,5-6,9-10,13-15,17H2,1-2H3,(H,28,34). The highest BCUT2D eigenvalue weighted by Gasteiger charge is 2.32. The van der Waals surface area contributed by atoms with Crippen molar-refractivity contribution in [3.05, 3.63) is 54.2 Å². The van der Waals surface area contributed by atoms with Crippen LogP contribution in [-0.4, -0.2) is 89.0 Å². The second-order valence-electron chi connectivity index (χ2n) is 9.25. The number of imidazole rings is 1. The number of anilines is 1. The number of rotatable bonds is 9. The maximum atomic E-state index is 13.0. The zero-order valence-corrected chi connectivity index (χ0v) is 21.5. The molecule has 38 heavy (non-hydrogen) atoms. The van der Waals surface area contributed by atoms with E-state index in [9.17, 15) is 9.59 Å². The Bertz CT molecular complexity index is 1280. The molecule has 1 saturated heterocycles. The van der Waals surface area contributed by atoms with Crippen LogP contribution in [0.3, 0.4) is 0 Å². The number of methoxy groups -OCH3 is 1. The fraction of sp³-hybridized carbons (Fsp3) is 0.423. The third-order valence-corrected chi connectivity index (χ3v) is 6.56. The Morgan fingerprint density at radius 3 is 2.84 bits per heavy atom. The molecule has 0 aliphatic carbocycles. The predicted octanol–water partition coefficient (Wildman–Crippen LogP) is 1.11. The van der Waals surface area contributed by atoms with Crippen molar-refractivity contribution in [2.24, 2.45) is 0 Å². The molecule has 2 aliphatic rings. The fourth-order valence-corrected chi connectivity index (χ4v) is 4.68. The smallest absolute Gasteiger partial charge is 0.248 e. The molecular weight excluding hydrogens is 490 g/mol. The summed E-state index contributed by atoms with van der Waals surface area (Å²) < 4.78 is 17.6. The molecule has 200 valence electrons. The third-order valence-electron chi connectivity index (χ3n) is 6.56. The summed E-state index contributed by atoms with van der Waals surface area (Å²) in [6.45, 7) is 4.05. The summed E-state index contributed by atoms with van der Waals surface area (Å²) in [6, 6.07) is 7.42. The van der Waals surface area contributed by atoms with Gasteiger partial charge >= 0.3 is 0 Å². The quantitative estimate of drug-likeness (QED) is 0.441. The lowest BCUT2D eigenvalue weighted by Crippen LogP contribution is -2.57. The summed E-state index contributed by atoms with van der Waals surface area (Å²) in [5.74, 6) is 2.47. The highest BCUT2D eigenvalue weighted by atomic mass is 16.7. The Morgan fingerprint density at radius 2 is 2.03 bits per heavy atom. The lowest BCUT2D eigenvalue weighted by molar-refractivity contribution is -0.136. The van der Waals surface area contributed by atoms with Crippen molar-refractivity contribution in [3.8, 4) is 17.4 Å². The maximum absolute atomic E-state index is 13.0. The number of nitrogens with zero attached hydrogens (tertiary/aromatic N) is 6. The predicted molar refractivity (Wildman–Crippen MR) is 137 cm³/mol. The highest BCUT2D eigenvalue weighted by Crippen LogP contribution is 2.32. The van der Waals surface area contributed by atoms with Gasteiger partial charge in [0.05, 0.1) is 6.04 Å². The number of fused-ring (bicyclic) bond motifs is 1. The van der Waals surface area contributed by atoms with E-state index in [0.29, 0.717) is 44.4 Å². The van der Waals surface area contributed by atoms with Gasteiger partial charge in [-0.1, -0.05) is 6.07 Å². The van der Waals surface area contributed by atoms with Crippen molar-refractivity contribution in [1.29, 1.82) is 0 Å². The number of piperazine rings is 1. The summed E-state index contributed by atoms with van der Waals surface area (Å²) in [4.78, 5) is 42.8. The molecule has 1 atom stereocenters. The Balaban J connectivity index is 1.27. The number of aromatic nitrogens is 4. The molecule has 2 aliphatic heterocycles. The minimum absolute atomic E-state index is 0.00580. The summed E-state index contributed by atoms with van der Waals surface area (Å²) >= 11 is 0. The first kappa shape index (κ1) is 25.5. The first-order valence-electron chi connectivity index (χ1n) is 12.5. The van der Waals surface area contributed by atoms with Gasteiger partial charge in [-0.15, -0.1) is 0 Å². The van der Waals surface area contributed by atoms with Gasteiger partial charge < -0.3 is 29.3 Å². The second kappa shape index (κ2) is 11.5. The first-order chi connectivity index (χ1) is 18.5. The summed E-state index contributed by atoms with van der Waals surface area (Å²) in [7, 11) is 1.50. The molecule has 1 unspecified atom stereocenters. The molecule has 4 heterocycles. The molecule has 1 fully saturated rings. The molecule has 2 amide bonds. The third kappa shape index (κ3) is 5.86. The topological polar surface area (TPSA) is 124 Å². The zero-order chi connectivity index (χ0) is 26.5. The van der Waals surface area contributed by atoms with Crippen LogP contribution >= 0.6 is 0 Å². The molecule has 2 aromatic heterocycles. The van der Waals surface area contributed by atoms with Crippen LogP contribution in [0.25, 0.3) is 5.95 Å². The molecule has 0 spiro atoms. The van der Waals surface area contributed by atoms with E-state index in [1.807, 2.05) is 31.2 Å². The van der Waals surface area contributed by atoms with Crippen LogP contribution < -0.4 is 19.7 Å². The van der Waals surface area contributed by atoms with Gasteiger partial charge in [0.1, 0.15) is 18.8 Å². The molecule has 12 nitrogen and oxygen atoms in total. The largest absolute Gasteiger partial charge is 0.454 e. The number of nitrogens with one attached hydrogen (secondary N) is 1. The SMILES string of the molecule is COCC(=O)N1CCN(c2cc(C)nc(-n3ccnc3)n2)C(CC(=O)NCCc2ccc3c(c2)OCO3)C1. The van der Waals surface area contributed by atoms with E-state index in [4.69, 9.17) is 19.2 Å². The van der Waals surface area contributed by atoms with E-state index in [0.717, 1.165) is 22.8 Å². The van der Waals surface area contributed by atoms with Gasteiger partial charge in [0.25, 0.3) is 0 Å². The Hall–Kier alpha value is -4.19. The number of carbonyl (C=O) groups excluding carboxylic acids is 2. The van der Waals surface area contributed by atoms with Crippen molar-refractivity contribution < 1.29 is 23.8 Å². The minimum Gasteiger partial charge on any atom is -0.454 e. The van der Waals surface area contributed by atoms with Gasteiger partial charge in [-0.2, -0.15) is 4.98 Å². The second-order valence-corrected chi connectivity index (χ2v) is 9.25. The van der Waals surface area contributed by atoms with Crippen molar-refractivity contribution in [1.82, 2.24) is 29.7 Å². The van der Waals surface area contributed by atoms with E-state index in [1.54, 1.807) is 28.2 Å². The zero-order valence-electron chi connectivity index (χ0n) is 21.5. The number of aryl methyl sites for hydroxylation is 1. The van der Waals surface area contributed by atoms with Crippen LogP contribution in [0.5, 0.6) is 11.5 Å². The van der Waals surface area contributed by atoms with Crippen LogP contribution in [0.1, 0.15) is 17.7 Å². The highest BCUT2D eigenvalue weighted by molar-refractivity contribution is 5.79. The number of hydrogen-bond donors (Lipinski definition) is 1. The monoisotopic (exact) mass is 521 g/mol. The van der Waals surface area contributed by atoms with Crippen molar-refractivity contribution in [3.63, 3.8) is 0 Å². The lowest BCUT2D eigenvalue weighted by atomic mass is 10.1. The molecule has 0 saturated carbocycles. The van der Waals surface area contributed by atoms with Gasteiger partial charge in [-0.3, -0.25) is 14.2 Å². The van der Waals surface area contributed by atoms with Gasteiger partial charge in [0.15, 0.2) is 11.5 Å². The van der Waals surface area contributed by atoms with Crippen molar-refractivity contribution in [2.75, 3.05) is 51.6 Å². The van der Waals surface area contributed by atoms with E-state index in [-0.39, 0.29) is 37.7 Å². The average Bonchev–Trinajstić information content (AvgIpc) is 3.61. The first-order valence-corrected chi connectivity index (χ1v) is 12.5. The minimum atomic E-state index is -0.264. The summed E-state index contributed by atoms with van der Waals surface area (Å²) in [5, 5.41) is 3.02. The molecule has 1 N–H and O–H groups in total. The molecule has 3 aromatic rings. The fourth-order valence-electron chi connectivity index (χ4n) is 4.68. The molecule has 12 heteroatoms. The Morgan fingerprint density at radius 1 is 1.16 bits per heavy atom. The summed E-state index contributed by atoms with van der Waals surface area (Å²) in [5.41, 5.74) is 1.84. The van der Waals surface area contributed by atoms with E-state index < -0.39 is 0 Å². The number of amides is 2. The van der Waals surface area contributed by atoms with Gasteiger partial charge in [0, 0.05) is 63.9 Å². The van der Waals surface area contributed by atoms with E-state index >= 15 is 0 Å². The van der Waals surface area contributed by atoms with Gasteiger partial charge in [-0.25, -0.2) is 9.97 Å². The maximum Gasteiger partial charge on any atom is 0.248 e. The van der Waals surface area contributed by atoms with E-state index in [2.05, 4.69) is 20.2 Å². The van der Waals surface area contributed by atoms with Crippen LogP contribution in [0.4, 0.5) is 5.82 Å². The Kier molecular flexibility index (Phi) is 7.68. The number of ether oxygens (including phenoxy) is 3. The van der Waals surface area contributed by atoms with Crippen LogP contribution in [-0.2, 0) is 20.7 Å². The average molecular weight is 522 g/mol. The van der Waals surface area contributed by atoms with Crippen LogP contribution in [0.15, 0.2) is 43.0 Å².